The number of halogens is 1. The van der Waals surface area contributed by atoms with E-state index in [0.717, 1.165) is 25.7 Å². The molecule has 0 spiro atoms. The summed E-state index contributed by atoms with van der Waals surface area (Å²) in [7, 11) is 0. The van der Waals surface area contributed by atoms with Gasteiger partial charge in [0.2, 0.25) is 0 Å². The summed E-state index contributed by atoms with van der Waals surface area (Å²) in [4.78, 5) is 24.5. The predicted octanol–water partition coefficient (Wildman–Crippen LogP) is 2.63. The number of hydrogen-bond acceptors (Lipinski definition) is 4. The van der Waals surface area contributed by atoms with Crippen LogP contribution in [0.25, 0.3) is 0 Å². The lowest BCUT2D eigenvalue weighted by atomic mass is 10.1. The van der Waals surface area contributed by atoms with Gasteiger partial charge in [0.05, 0.1) is 23.1 Å². The summed E-state index contributed by atoms with van der Waals surface area (Å²) < 4.78 is 0. The second-order valence-electron chi connectivity index (χ2n) is 5.08. The molecule has 6 nitrogen and oxygen atoms in total. The molecular weight excluding hydrogens is 296 g/mol. The molecule has 1 aliphatic rings. The first-order valence-electron chi connectivity index (χ1n) is 6.91. The van der Waals surface area contributed by atoms with Crippen LogP contribution in [0.5, 0.6) is 0 Å². The maximum absolute atomic E-state index is 12.6. The first-order valence-corrected chi connectivity index (χ1v) is 7.28. The molecule has 2 rings (SSSR count). The van der Waals surface area contributed by atoms with Crippen molar-refractivity contribution >= 4 is 23.2 Å². The maximum atomic E-state index is 12.6. The van der Waals surface area contributed by atoms with Gasteiger partial charge in [-0.25, -0.2) is 0 Å². The Balaban J connectivity index is 2.34. The molecule has 21 heavy (non-hydrogen) atoms. The lowest BCUT2D eigenvalue weighted by molar-refractivity contribution is -0.384. The standard InChI is InChI=1S/C14H17ClN2O4/c15-13-11(6-4-7-12(13)17(20)21)14(19)16-8-3-1-2-5-10(16)9-18/h4,6-7,10,18H,1-3,5,8-9H2. The Kier molecular flexibility index (Phi) is 5.14. The van der Waals surface area contributed by atoms with Gasteiger partial charge in [-0.1, -0.05) is 30.5 Å². The highest BCUT2D eigenvalue weighted by molar-refractivity contribution is 6.35. The third kappa shape index (κ3) is 3.33. The van der Waals surface area contributed by atoms with Crippen LogP contribution in [0.3, 0.4) is 0 Å². The van der Waals surface area contributed by atoms with Gasteiger partial charge >= 0.3 is 0 Å². The number of likely N-dealkylation sites (tertiary alicyclic amines) is 1. The number of carbonyl (C=O) groups excluding carboxylic acids is 1. The molecule has 0 radical (unpaired) electrons. The predicted molar refractivity (Wildman–Crippen MR) is 78.5 cm³/mol. The van der Waals surface area contributed by atoms with Crippen molar-refractivity contribution in [2.45, 2.75) is 31.7 Å². The van der Waals surface area contributed by atoms with Crippen molar-refractivity contribution in [1.82, 2.24) is 4.90 Å². The van der Waals surface area contributed by atoms with E-state index >= 15 is 0 Å². The van der Waals surface area contributed by atoms with E-state index in [9.17, 15) is 20.0 Å². The molecule has 114 valence electrons. The van der Waals surface area contributed by atoms with Crippen molar-refractivity contribution in [3.05, 3.63) is 38.9 Å². The molecule has 0 saturated carbocycles. The average Bonchev–Trinajstić information content (AvgIpc) is 2.71. The zero-order valence-electron chi connectivity index (χ0n) is 11.5. The van der Waals surface area contributed by atoms with Crippen LogP contribution in [-0.4, -0.2) is 40.0 Å². The van der Waals surface area contributed by atoms with Crippen LogP contribution in [0, 0.1) is 10.1 Å². The van der Waals surface area contributed by atoms with E-state index in [2.05, 4.69) is 0 Å². The Labute approximate surface area is 127 Å². The van der Waals surface area contributed by atoms with Gasteiger partial charge in [-0.15, -0.1) is 0 Å². The quantitative estimate of drug-likeness (QED) is 0.687. The van der Waals surface area contributed by atoms with E-state index in [-0.39, 0.29) is 34.8 Å². The zero-order chi connectivity index (χ0) is 15.4. The number of nitrogens with zero attached hydrogens (tertiary/aromatic N) is 2. The summed E-state index contributed by atoms with van der Waals surface area (Å²) in [5.74, 6) is -0.357. The van der Waals surface area contributed by atoms with Gasteiger partial charge in [0, 0.05) is 12.6 Å². The number of aliphatic hydroxyl groups is 1. The summed E-state index contributed by atoms with van der Waals surface area (Å²) in [6.45, 7) is 0.418. The number of nitro groups is 1. The van der Waals surface area contributed by atoms with E-state index in [1.807, 2.05) is 0 Å². The number of aliphatic hydroxyl groups excluding tert-OH is 1. The lowest BCUT2D eigenvalue weighted by Gasteiger charge is -2.29. The van der Waals surface area contributed by atoms with E-state index < -0.39 is 4.92 Å². The lowest BCUT2D eigenvalue weighted by Crippen LogP contribution is -2.42. The summed E-state index contributed by atoms with van der Waals surface area (Å²) >= 11 is 6.00. The molecule has 1 fully saturated rings. The van der Waals surface area contributed by atoms with Crippen LogP contribution < -0.4 is 0 Å². The topological polar surface area (TPSA) is 83.7 Å². The molecule has 0 bridgehead atoms. The fourth-order valence-corrected chi connectivity index (χ4v) is 2.89. The van der Waals surface area contributed by atoms with Gasteiger partial charge in [0.15, 0.2) is 0 Å². The van der Waals surface area contributed by atoms with Crippen LogP contribution in [0.15, 0.2) is 18.2 Å². The number of benzene rings is 1. The number of nitro benzene ring substituents is 1. The minimum Gasteiger partial charge on any atom is -0.394 e. The summed E-state index contributed by atoms with van der Waals surface area (Å²) in [6.07, 6.45) is 3.55. The van der Waals surface area contributed by atoms with Gasteiger partial charge in [-0.05, 0) is 18.9 Å². The molecule has 0 aromatic heterocycles. The number of amides is 1. The Morgan fingerprint density at radius 2 is 2.19 bits per heavy atom. The molecule has 1 heterocycles. The summed E-state index contributed by atoms with van der Waals surface area (Å²) in [5.41, 5.74) is -0.163. The third-order valence-corrected chi connectivity index (χ3v) is 4.15. The highest BCUT2D eigenvalue weighted by Gasteiger charge is 2.29. The SMILES string of the molecule is O=C(c1cccc([N+](=O)[O-])c1Cl)N1CCCCCC1CO. The summed E-state index contributed by atoms with van der Waals surface area (Å²) in [6, 6.07) is 3.95. The molecule has 1 amide bonds. The fourth-order valence-electron chi connectivity index (χ4n) is 2.62. The molecule has 1 aromatic rings. The average molecular weight is 313 g/mol. The highest BCUT2D eigenvalue weighted by atomic mass is 35.5. The van der Waals surface area contributed by atoms with Crippen molar-refractivity contribution in [2.75, 3.05) is 13.2 Å². The van der Waals surface area contributed by atoms with Crippen LogP contribution in [0.2, 0.25) is 5.02 Å². The van der Waals surface area contributed by atoms with Crippen LogP contribution >= 0.6 is 11.6 Å². The molecule has 1 aliphatic heterocycles. The van der Waals surface area contributed by atoms with Gasteiger partial charge in [0.25, 0.3) is 11.6 Å². The van der Waals surface area contributed by atoms with Crippen LogP contribution in [0.4, 0.5) is 5.69 Å². The second-order valence-corrected chi connectivity index (χ2v) is 5.46. The largest absolute Gasteiger partial charge is 0.394 e. The van der Waals surface area contributed by atoms with Crippen molar-refractivity contribution in [3.8, 4) is 0 Å². The third-order valence-electron chi connectivity index (χ3n) is 3.75. The molecule has 7 heteroatoms. The van der Waals surface area contributed by atoms with Crippen molar-refractivity contribution in [2.24, 2.45) is 0 Å². The normalized spacial score (nSPS) is 19.1. The molecule has 1 saturated heterocycles. The van der Waals surface area contributed by atoms with Crippen molar-refractivity contribution in [1.29, 1.82) is 0 Å². The Bertz CT molecular complexity index is 550. The van der Waals surface area contributed by atoms with Gasteiger partial charge < -0.3 is 10.0 Å². The van der Waals surface area contributed by atoms with E-state index in [1.54, 1.807) is 4.90 Å². The maximum Gasteiger partial charge on any atom is 0.288 e. The van der Waals surface area contributed by atoms with E-state index in [1.165, 1.54) is 18.2 Å². The fraction of sp³-hybridized carbons (Fsp3) is 0.500. The second kappa shape index (κ2) is 6.87. The monoisotopic (exact) mass is 312 g/mol. The van der Waals surface area contributed by atoms with Crippen molar-refractivity contribution in [3.63, 3.8) is 0 Å². The number of rotatable bonds is 3. The molecule has 1 aromatic carbocycles. The molecule has 1 unspecified atom stereocenters. The van der Waals surface area contributed by atoms with Gasteiger partial charge in [-0.2, -0.15) is 0 Å². The first kappa shape index (κ1) is 15.7. The number of carbonyl (C=O) groups is 1. The van der Waals surface area contributed by atoms with Gasteiger partial charge in [-0.3, -0.25) is 14.9 Å². The minimum atomic E-state index is -0.606. The number of hydrogen-bond donors (Lipinski definition) is 1. The Morgan fingerprint density at radius 3 is 2.86 bits per heavy atom. The van der Waals surface area contributed by atoms with Gasteiger partial charge in [0.1, 0.15) is 5.02 Å². The Morgan fingerprint density at radius 1 is 1.43 bits per heavy atom. The van der Waals surface area contributed by atoms with Crippen LogP contribution in [-0.2, 0) is 0 Å². The molecular formula is C14H17ClN2O4. The van der Waals surface area contributed by atoms with E-state index in [0.29, 0.717) is 6.54 Å². The first-order chi connectivity index (χ1) is 10.1. The highest BCUT2D eigenvalue weighted by Crippen LogP contribution is 2.30. The van der Waals surface area contributed by atoms with Crippen molar-refractivity contribution < 1.29 is 14.8 Å². The molecule has 1 N–H and O–H groups in total. The summed E-state index contributed by atoms with van der Waals surface area (Å²) in [5, 5.41) is 20.2. The smallest absolute Gasteiger partial charge is 0.288 e. The zero-order valence-corrected chi connectivity index (χ0v) is 12.3. The Hall–Kier alpha value is -1.66. The molecule has 1 atom stereocenters. The van der Waals surface area contributed by atoms with Crippen LogP contribution in [0.1, 0.15) is 36.0 Å². The molecule has 0 aliphatic carbocycles. The van der Waals surface area contributed by atoms with E-state index in [4.69, 9.17) is 11.6 Å². The minimum absolute atomic E-state index is 0.113.